The van der Waals surface area contributed by atoms with Gasteiger partial charge in [0.25, 0.3) is 11.6 Å². The molecule has 0 unspecified atom stereocenters. The van der Waals surface area contributed by atoms with Crippen LogP contribution in [-0.2, 0) is 0 Å². The van der Waals surface area contributed by atoms with Gasteiger partial charge in [-0.05, 0) is 24.3 Å². The SMILES string of the molecule is CNc1cccc(C(=O)N(C)c2ccc([N+](=O)[O-])cc2)n1. The molecule has 0 aliphatic carbocycles. The lowest BCUT2D eigenvalue weighted by molar-refractivity contribution is -0.384. The van der Waals surface area contributed by atoms with Gasteiger partial charge >= 0.3 is 0 Å². The fourth-order valence-corrected chi connectivity index (χ4v) is 1.78. The van der Waals surface area contributed by atoms with Crippen molar-refractivity contribution in [1.82, 2.24) is 4.98 Å². The Morgan fingerprint density at radius 3 is 2.48 bits per heavy atom. The fourth-order valence-electron chi connectivity index (χ4n) is 1.78. The molecule has 2 rings (SSSR count). The maximum absolute atomic E-state index is 12.3. The number of benzene rings is 1. The number of nitrogens with one attached hydrogen (secondary N) is 1. The molecule has 2 aromatic rings. The van der Waals surface area contributed by atoms with Crippen LogP contribution in [0.2, 0.25) is 0 Å². The Hall–Kier alpha value is -2.96. The van der Waals surface area contributed by atoms with E-state index in [1.54, 1.807) is 32.3 Å². The van der Waals surface area contributed by atoms with Crippen LogP contribution in [0.1, 0.15) is 10.5 Å². The minimum absolute atomic E-state index is 0.0186. The maximum atomic E-state index is 12.3. The number of carbonyl (C=O) groups excluding carboxylic acids is 1. The molecule has 1 amide bonds. The third-order valence-corrected chi connectivity index (χ3v) is 2.98. The molecule has 1 aromatic heterocycles. The number of nitrogens with zero attached hydrogens (tertiary/aromatic N) is 3. The zero-order chi connectivity index (χ0) is 15.4. The molecule has 0 aliphatic rings. The molecule has 7 heteroatoms. The number of rotatable bonds is 4. The first-order valence-corrected chi connectivity index (χ1v) is 6.20. The van der Waals surface area contributed by atoms with Crippen molar-refractivity contribution in [3.8, 4) is 0 Å². The molecule has 0 saturated heterocycles. The van der Waals surface area contributed by atoms with E-state index in [1.165, 1.54) is 29.2 Å². The monoisotopic (exact) mass is 286 g/mol. The zero-order valence-corrected chi connectivity index (χ0v) is 11.6. The van der Waals surface area contributed by atoms with E-state index < -0.39 is 4.92 Å². The summed E-state index contributed by atoms with van der Waals surface area (Å²) in [4.78, 5) is 28.0. The highest BCUT2D eigenvalue weighted by Gasteiger charge is 2.16. The van der Waals surface area contributed by atoms with Gasteiger partial charge in [-0.15, -0.1) is 0 Å². The predicted molar refractivity (Wildman–Crippen MR) is 79.6 cm³/mol. The van der Waals surface area contributed by atoms with Gasteiger partial charge in [-0.25, -0.2) is 4.98 Å². The zero-order valence-electron chi connectivity index (χ0n) is 11.6. The molecule has 0 aliphatic heterocycles. The number of anilines is 2. The predicted octanol–water partition coefficient (Wildman–Crippen LogP) is 2.31. The Morgan fingerprint density at radius 1 is 1.24 bits per heavy atom. The van der Waals surface area contributed by atoms with Crippen molar-refractivity contribution >= 4 is 23.1 Å². The van der Waals surface area contributed by atoms with E-state index in [-0.39, 0.29) is 11.6 Å². The number of hydrogen-bond acceptors (Lipinski definition) is 5. The van der Waals surface area contributed by atoms with E-state index in [0.29, 0.717) is 17.2 Å². The van der Waals surface area contributed by atoms with Crippen molar-refractivity contribution in [2.24, 2.45) is 0 Å². The Kier molecular flexibility index (Phi) is 4.13. The lowest BCUT2D eigenvalue weighted by Gasteiger charge is -2.17. The van der Waals surface area contributed by atoms with Gasteiger partial charge in [0.15, 0.2) is 0 Å². The van der Waals surface area contributed by atoms with Gasteiger partial charge in [-0.1, -0.05) is 6.07 Å². The van der Waals surface area contributed by atoms with Crippen LogP contribution in [0.3, 0.4) is 0 Å². The molecule has 7 nitrogen and oxygen atoms in total. The summed E-state index contributed by atoms with van der Waals surface area (Å²) in [5.41, 5.74) is 0.833. The van der Waals surface area contributed by atoms with Crippen molar-refractivity contribution < 1.29 is 9.72 Å². The molecule has 0 radical (unpaired) electrons. The molecule has 0 atom stereocenters. The van der Waals surface area contributed by atoms with Gasteiger partial charge in [0.1, 0.15) is 11.5 Å². The summed E-state index contributed by atoms with van der Waals surface area (Å²) in [6, 6.07) is 10.9. The van der Waals surface area contributed by atoms with Gasteiger partial charge < -0.3 is 10.2 Å². The number of amides is 1. The second kappa shape index (κ2) is 6.00. The minimum atomic E-state index is -0.483. The van der Waals surface area contributed by atoms with Crippen LogP contribution in [0.5, 0.6) is 0 Å². The van der Waals surface area contributed by atoms with Crippen molar-refractivity contribution in [2.45, 2.75) is 0 Å². The van der Waals surface area contributed by atoms with Crippen LogP contribution < -0.4 is 10.2 Å². The van der Waals surface area contributed by atoms with Crippen LogP contribution in [0.4, 0.5) is 17.2 Å². The normalized spacial score (nSPS) is 10.0. The second-order valence-electron chi connectivity index (χ2n) is 4.30. The Balaban J connectivity index is 2.23. The molecule has 0 saturated carbocycles. The van der Waals surface area contributed by atoms with Crippen LogP contribution in [0, 0.1) is 10.1 Å². The van der Waals surface area contributed by atoms with Gasteiger partial charge in [0, 0.05) is 31.9 Å². The summed E-state index contributed by atoms with van der Waals surface area (Å²) in [5, 5.41) is 13.5. The van der Waals surface area contributed by atoms with Crippen LogP contribution in [0.15, 0.2) is 42.5 Å². The molecular formula is C14H14N4O3. The second-order valence-corrected chi connectivity index (χ2v) is 4.30. The van der Waals surface area contributed by atoms with Crippen molar-refractivity contribution in [3.05, 3.63) is 58.3 Å². The summed E-state index contributed by atoms with van der Waals surface area (Å²) in [7, 11) is 3.31. The van der Waals surface area contributed by atoms with Crippen molar-refractivity contribution in [2.75, 3.05) is 24.3 Å². The summed E-state index contributed by atoms with van der Waals surface area (Å²) in [6.07, 6.45) is 0. The quantitative estimate of drug-likeness (QED) is 0.688. The average molecular weight is 286 g/mol. The van der Waals surface area contributed by atoms with Gasteiger partial charge in [0.05, 0.1) is 4.92 Å². The molecule has 1 N–H and O–H groups in total. The first-order valence-electron chi connectivity index (χ1n) is 6.20. The largest absolute Gasteiger partial charge is 0.373 e. The van der Waals surface area contributed by atoms with E-state index in [4.69, 9.17) is 0 Å². The average Bonchev–Trinajstić information content (AvgIpc) is 2.53. The Bertz CT molecular complexity index is 670. The number of hydrogen-bond donors (Lipinski definition) is 1. The number of carbonyl (C=O) groups is 1. The first kappa shape index (κ1) is 14.4. The Labute approximate surface area is 121 Å². The molecule has 0 fully saturated rings. The molecule has 0 bridgehead atoms. The number of aromatic nitrogens is 1. The third-order valence-electron chi connectivity index (χ3n) is 2.98. The maximum Gasteiger partial charge on any atom is 0.276 e. The molecule has 108 valence electrons. The van der Waals surface area contributed by atoms with Crippen LogP contribution in [-0.4, -0.2) is 29.9 Å². The number of nitro groups is 1. The first-order chi connectivity index (χ1) is 10.0. The fraction of sp³-hybridized carbons (Fsp3) is 0.143. The molecule has 1 aromatic carbocycles. The van der Waals surface area contributed by atoms with Gasteiger partial charge in [0.2, 0.25) is 0 Å². The summed E-state index contributed by atoms with van der Waals surface area (Å²) in [6.45, 7) is 0. The molecule has 0 spiro atoms. The highest BCUT2D eigenvalue weighted by molar-refractivity contribution is 6.04. The van der Waals surface area contributed by atoms with Crippen molar-refractivity contribution in [3.63, 3.8) is 0 Å². The van der Waals surface area contributed by atoms with E-state index in [9.17, 15) is 14.9 Å². The highest BCUT2D eigenvalue weighted by atomic mass is 16.6. The minimum Gasteiger partial charge on any atom is -0.373 e. The molecular weight excluding hydrogens is 272 g/mol. The molecule has 1 heterocycles. The smallest absolute Gasteiger partial charge is 0.276 e. The van der Waals surface area contributed by atoms with E-state index in [1.807, 2.05) is 0 Å². The van der Waals surface area contributed by atoms with E-state index in [2.05, 4.69) is 10.3 Å². The summed E-state index contributed by atoms with van der Waals surface area (Å²) < 4.78 is 0. The van der Waals surface area contributed by atoms with Crippen molar-refractivity contribution in [1.29, 1.82) is 0 Å². The Morgan fingerprint density at radius 2 is 1.90 bits per heavy atom. The molecule has 21 heavy (non-hydrogen) atoms. The summed E-state index contributed by atoms with van der Waals surface area (Å²) >= 11 is 0. The summed E-state index contributed by atoms with van der Waals surface area (Å²) in [5.74, 6) is 0.305. The van der Waals surface area contributed by atoms with Gasteiger partial charge in [-0.3, -0.25) is 14.9 Å². The lowest BCUT2D eigenvalue weighted by atomic mass is 10.2. The third kappa shape index (κ3) is 3.14. The van der Waals surface area contributed by atoms with E-state index >= 15 is 0 Å². The topological polar surface area (TPSA) is 88.4 Å². The highest BCUT2D eigenvalue weighted by Crippen LogP contribution is 2.19. The lowest BCUT2D eigenvalue weighted by Crippen LogP contribution is -2.27. The number of non-ortho nitro benzene ring substituents is 1. The van der Waals surface area contributed by atoms with Gasteiger partial charge in [-0.2, -0.15) is 0 Å². The standard InChI is InChI=1S/C14H14N4O3/c1-15-13-5-3-4-12(16-13)14(19)17(2)10-6-8-11(9-7-10)18(20)21/h3-9H,1-2H3,(H,15,16). The van der Waals surface area contributed by atoms with E-state index in [0.717, 1.165) is 0 Å². The van der Waals surface area contributed by atoms with Crippen LogP contribution in [0.25, 0.3) is 0 Å². The number of pyridine rings is 1. The van der Waals surface area contributed by atoms with Crippen LogP contribution >= 0.6 is 0 Å². The number of nitro benzene ring substituents is 1.